The van der Waals surface area contributed by atoms with Crippen LogP contribution in [0.2, 0.25) is 10.2 Å². The fourth-order valence-corrected chi connectivity index (χ4v) is 2.17. The summed E-state index contributed by atoms with van der Waals surface area (Å²) in [6.07, 6.45) is 1.64. The van der Waals surface area contributed by atoms with Crippen molar-refractivity contribution in [1.29, 1.82) is 0 Å². The average Bonchev–Trinajstić information content (AvgIpc) is 2.91. The van der Waals surface area contributed by atoms with Gasteiger partial charge in [-0.15, -0.1) is 0 Å². The largest absolute Gasteiger partial charge is 0.320 e. The number of rotatable bonds is 2. The summed E-state index contributed by atoms with van der Waals surface area (Å²) < 4.78 is 0. The van der Waals surface area contributed by atoms with Crippen LogP contribution in [0, 0.1) is 0 Å². The molecular weight excluding hydrogens is 299 g/mol. The number of aromatic amines is 1. The maximum Gasteiger partial charge on any atom is 0.275 e. The van der Waals surface area contributed by atoms with Crippen LogP contribution in [0.25, 0.3) is 10.9 Å². The third-order valence-corrected chi connectivity index (χ3v) is 3.28. The fourth-order valence-electron chi connectivity index (χ4n) is 1.84. The van der Waals surface area contributed by atoms with Crippen molar-refractivity contribution in [3.8, 4) is 0 Å². The molecule has 1 amide bonds. The maximum absolute atomic E-state index is 12.2. The Morgan fingerprint density at radius 1 is 1.20 bits per heavy atom. The third-order valence-electron chi connectivity index (χ3n) is 2.76. The van der Waals surface area contributed by atoms with Gasteiger partial charge in [0.2, 0.25) is 0 Å². The highest BCUT2D eigenvalue weighted by Gasteiger charge is 2.14. The molecule has 5 nitrogen and oxygen atoms in total. The van der Waals surface area contributed by atoms with Gasteiger partial charge in [0.1, 0.15) is 10.8 Å². The summed E-state index contributed by atoms with van der Waals surface area (Å²) in [6, 6.07) is 8.50. The number of amides is 1. The lowest BCUT2D eigenvalue weighted by Crippen LogP contribution is -2.14. The van der Waals surface area contributed by atoms with E-state index in [0.717, 1.165) is 10.9 Å². The SMILES string of the molecule is O=C(Nc1cccc2[nH]ncc12)c1nc(Cl)ccc1Cl. The van der Waals surface area contributed by atoms with Crippen LogP contribution in [-0.2, 0) is 0 Å². The van der Waals surface area contributed by atoms with Crippen LogP contribution in [0.15, 0.2) is 36.5 Å². The molecule has 0 fully saturated rings. The van der Waals surface area contributed by atoms with Crippen molar-refractivity contribution in [3.05, 3.63) is 52.4 Å². The predicted molar refractivity (Wildman–Crippen MR) is 78.3 cm³/mol. The van der Waals surface area contributed by atoms with E-state index >= 15 is 0 Å². The summed E-state index contributed by atoms with van der Waals surface area (Å²) >= 11 is 11.7. The molecule has 0 atom stereocenters. The van der Waals surface area contributed by atoms with Crippen molar-refractivity contribution >= 4 is 45.7 Å². The van der Waals surface area contributed by atoms with Gasteiger partial charge in [0.25, 0.3) is 5.91 Å². The highest BCUT2D eigenvalue weighted by atomic mass is 35.5. The molecule has 100 valence electrons. The number of halogens is 2. The zero-order valence-electron chi connectivity index (χ0n) is 10.0. The molecule has 2 heterocycles. The second-order valence-electron chi connectivity index (χ2n) is 4.06. The number of pyridine rings is 1. The zero-order chi connectivity index (χ0) is 14.1. The van der Waals surface area contributed by atoms with Crippen LogP contribution in [0.4, 0.5) is 5.69 Å². The molecule has 0 radical (unpaired) electrons. The minimum absolute atomic E-state index is 0.0830. The molecule has 0 aliphatic heterocycles. The number of carbonyl (C=O) groups is 1. The molecule has 0 spiro atoms. The van der Waals surface area contributed by atoms with Crippen molar-refractivity contribution < 1.29 is 4.79 Å². The Morgan fingerprint density at radius 2 is 2.05 bits per heavy atom. The van der Waals surface area contributed by atoms with Gasteiger partial charge in [-0.2, -0.15) is 5.10 Å². The van der Waals surface area contributed by atoms with Gasteiger partial charge >= 0.3 is 0 Å². The normalized spacial score (nSPS) is 10.7. The standard InChI is InChI=1S/C13H8Cl2N4O/c14-8-4-5-11(15)18-12(8)13(20)17-9-2-1-3-10-7(9)6-16-19-10/h1-6H,(H,16,19)(H,17,20). The number of nitrogens with one attached hydrogen (secondary N) is 2. The molecule has 2 aromatic heterocycles. The van der Waals surface area contributed by atoms with E-state index in [9.17, 15) is 4.79 Å². The maximum atomic E-state index is 12.2. The number of hydrogen-bond donors (Lipinski definition) is 2. The van der Waals surface area contributed by atoms with Crippen molar-refractivity contribution in [2.45, 2.75) is 0 Å². The Hall–Kier alpha value is -2.11. The van der Waals surface area contributed by atoms with Crippen molar-refractivity contribution in [1.82, 2.24) is 15.2 Å². The molecule has 2 N–H and O–H groups in total. The molecule has 0 bridgehead atoms. The lowest BCUT2D eigenvalue weighted by Gasteiger charge is -2.07. The molecule has 0 aliphatic rings. The molecule has 1 aromatic carbocycles. The Bertz CT molecular complexity index is 800. The first-order valence-electron chi connectivity index (χ1n) is 5.70. The number of aromatic nitrogens is 3. The second-order valence-corrected chi connectivity index (χ2v) is 4.85. The number of hydrogen-bond acceptors (Lipinski definition) is 3. The van der Waals surface area contributed by atoms with Gasteiger partial charge in [0.15, 0.2) is 0 Å². The molecular formula is C13H8Cl2N4O. The van der Waals surface area contributed by atoms with Crippen molar-refractivity contribution in [3.63, 3.8) is 0 Å². The van der Waals surface area contributed by atoms with Gasteiger partial charge in [0.05, 0.1) is 22.4 Å². The van der Waals surface area contributed by atoms with E-state index in [1.54, 1.807) is 12.3 Å². The first kappa shape index (κ1) is 12.9. The fraction of sp³-hybridized carbons (Fsp3) is 0. The minimum Gasteiger partial charge on any atom is -0.320 e. The number of anilines is 1. The van der Waals surface area contributed by atoms with Gasteiger partial charge < -0.3 is 5.32 Å². The van der Waals surface area contributed by atoms with E-state index in [4.69, 9.17) is 23.2 Å². The number of nitrogens with zero attached hydrogens (tertiary/aromatic N) is 2. The Kier molecular flexibility index (Phi) is 3.30. The topological polar surface area (TPSA) is 70.7 Å². The van der Waals surface area contributed by atoms with Crippen LogP contribution in [-0.4, -0.2) is 21.1 Å². The number of fused-ring (bicyclic) bond motifs is 1. The van der Waals surface area contributed by atoms with Crippen LogP contribution in [0.5, 0.6) is 0 Å². The highest BCUT2D eigenvalue weighted by Crippen LogP contribution is 2.23. The second kappa shape index (κ2) is 5.11. The summed E-state index contributed by atoms with van der Waals surface area (Å²) in [5.41, 5.74) is 1.53. The predicted octanol–water partition coefficient (Wildman–Crippen LogP) is 3.52. The summed E-state index contributed by atoms with van der Waals surface area (Å²) in [5.74, 6) is -0.425. The van der Waals surface area contributed by atoms with E-state index in [1.807, 2.05) is 12.1 Å². The minimum atomic E-state index is -0.425. The van der Waals surface area contributed by atoms with Crippen LogP contribution in [0.1, 0.15) is 10.5 Å². The molecule has 0 saturated heterocycles. The molecule has 3 rings (SSSR count). The van der Waals surface area contributed by atoms with E-state index in [1.165, 1.54) is 12.1 Å². The van der Waals surface area contributed by atoms with Crippen molar-refractivity contribution in [2.24, 2.45) is 0 Å². The van der Waals surface area contributed by atoms with Gasteiger partial charge in [0, 0.05) is 5.39 Å². The Morgan fingerprint density at radius 3 is 2.90 bits per heavy atom. The monoisotopic (exact) mass is 306 g/mol. The summed E-state index contributed by atoms with van der Waals surface area (Å²) in [5, 5.41) is 10.8. The lowest BCUT2D eigenvalue weighted by molar-refractivity contribution is 0.102. The molecule has 0 aliphatic carbocycles. The third kappa shape index (κ3) is 2.33. The molecule has 0 unspecified atom stereocenters. The average molecular weight is 307 g/mol. The quantitative estimate of drug-likeness (QED) is 0.712. The molecule has 3 aromatic rings. The highest BCUT2D eigenvalue weighted by molar-refractivity contribution is 6.35. The number of H-pyrrole nitrogens is 1. The summed E-state index contributed by atoms with van der Waals surface area (Å²) in [6.45, 7) is 0. The number of carbonyl (C=O) groups excluding carboxylic acids is 1. The van der Waals surface area contributed by atoms with Gasteiger partial charge in [-0.1, -0.05) is 29.3 Å². The van der Waals surface area contributed by atoms with E-state index in [2.05, 4.69) is 20.5 Å². The van der Waals surface area contributed by atoms with E-state index in [-0.39, 0.29) is 15.9 Å². The van der Waals surface area contributed by atoms with Crippen molar-refractivity contribution in [2.75, 3.05) is 5.32 Å². The lowest BCUT2D eigenvalue weighted by atomic mass is 10.2. The van der Waals surface area contributed by atoms with E-state index < -0.39 is 5.91 Å². The van der Waals surface area contributed by atoms with E-state index in [0.29, 0.717) is 5.69 Å². The smallest absolute Gasteiger partial charge is 0.275 e. The molecule has 7 heteroatoms. The van der Waals surface area contributed by atoms with Gasteiger partial charge in [-0.05, 0) is 24.3 Å². The summed E-state index contributed by atoms with van der Waals surface area (Å²) in [4.78, 5) is 16.1. The first-order valence-corrected chi connectivity index (χ1v) is 6.46. The van der Waals surface area contributed by atoms with Crippen LogP contribution >= 0.6 is 23.2 Å². The summed E-state index contributed by atoms with van der Waals surface area (Å²) in [7, 11) is 0. The Balaban J connectivity index is 1.96. The number of benzene rings is 1. The first-order chi connectivity index (χ1) is 9.65. The zero-order valence-corrected chi connectivity index (χ0v) is 11.5. The molecule has 0 saturated carbocycles. The molecule has 20 heavy (non-hydrogen) atoms. The van der Waals surface area contributed by atoms with Crippen LogP contribution < -0.4 is 5.32 Å². The Labute approximate surface area is 123 Å². The van der Waals surface area contributed by atoms with Crippen LogP contribution in [0.3, 0.4) is 0 Å². The van der Waals surface area contributed by atoms with Gasteiger partial charge in [-0.25, -0.2) is 4.98 Å². The van der Waals surface area contributed by atoms with Gasteiger partial charge in [-0.3, -0.25) is 9.89 Å².